The quantitative estimate of drug-likeness (QED) is 0.861. The van der Waals surface area contributed by atoms with Crippen LogP contribution < -0.4 is 0 Å². The average molecular weight is 295 g/mol. The molecule has 0 radical (unpaired) electrons. The van der Waals surface area contributed by atoms with E-state index < -0.39 is 18.0 Å². The standard InChI is InChI=1S/C18H17NO3/c1-18(12-19,13-20)17(21)22-11-14-7-9-16(10-8-14)15-5-3-2-4-6-15/h2-10,20H,11,13H2,1H3. The molecule has 4 nitrogen and oxygen atoms in total. The molecular weight excluding hydrogens is 278 g/mol. The highest BCUT2D eigenvalue weighted by Gasteiger charge is 2.34. The van der Waals surface area contributed by atoms with E-state index in [0.29, 0.717) is 0 Å². The molecule has 2 aromatic rings. The molecule has 1 unspecified atom stereocenters. The maximum Gasteiger partial charge on any atom is 0.328 e. The van der Waals surface area contributed by atoms with Crippen molar-refractivity contribution in [2.75, 3.05) is 6.61 Å². The summed E-state index contributed by atoms with van der Waals surface area (Å²) in [6.07, 6.45) is 0. The van der Waals surface area contributed by atoms with Crippen LogP contribution in [0.5, 0.6) is 0 Å². The summed E-state index contributed by atoms with van der Waals surface area (Å²) in [6, 6.07) is 19.4. The van der Waals surface area contributed by atoms with Gasteiger partial charge in [0.05, 0.1) is 12.7 Å². The second-order valence-electron chi connectivity index (χ2n) is 5.24. The Kier molecular flexibility index (Phi) is 4.92. The lowest BCUT2D eigenvalue weighted by Crippen LogP contribution is -2.31. The highest BCUT2D eigenvalue weighted by atomic mass is 16.5. The zero-order valence-electron chi connectivity index (χ0n) is 12.3. The third-order valence-corrected chi connectivity index (χ3v) is 3.44. The van der Waals surface area contributed by atoms with Crippen molar-refractivity contribution < 1.29 is 14.6 Å². The number of esters is 1. The molecule has 0 spiro atoms. The molecule has 0 amide bonds. The minimum Gasteiger partial charge on any atom is -0.460 e. The third-order valence-electron chi connectivity index (χ3n) is 3.44. The molecule has 0 aliphatic heterocycles. The molecule has 1 N–H and O–H groups in total. The van der Waals surface area contributed by atoms with Crippen LogP contribution in [0.2, 0.25) is 0 Å². The maximum atomic E-state index is 11.8. The molecule has 0 heterocycles. The number of rotatable bonds is 5. The molecule has 112 valence electrons. The number of hydrogen-bond acceptors (Lipinski definition) is 4. The Balaban J connectivity index is 2.01. The van der Waals surface area contributed by atoms with Gasteiger partial charge in [0.15, 0.2) is 5.41 Å². The number of nitriles is 1. The van der Waals surface area contributed by atoms with Gasteiger partial charge in [0.1, 0.15) is 6.61 Å². The van der Waals surface area contributed by atoms with Crippen LogP contribution in [-0.4, -0.2) is 17.7 Å². The first kappa shape index (κ1) is 15.7. The van der Waals surface area contributed by atoms with E-state index in [-0.39, 0.29) is 6.61 Å². The van der Waals surface area contributed by atoms with Gasteiger partial charge in [-0.3, -0.25) is 4.79 Å². The third kappa shape index (κ3) is 3.51. The van der Waals surface area contributed by atoms with E-state index in [9.17, 15) is 4.79 Å². The Labute approximate surface area is 129 Å². The maximum absolute atomic E-state index is 11.8. The van der Waals surface area contributed by atoms with Crippen LogP contribution in [-0.2, 0) is 16.1 Å². The van der Waals surface area contributed by atoms with E-state index in [1.54, 1.807) is 6.07 Å². The van der Waals surface area contributed by atoms with Crippen LogP contribution in [0.3, 0.4) is 0 Å². The fraction of sp³-hybridized carbons (Fsp3) is 0.222. The van der Waals surface area contributed by atoms with E-state index in [1.165, 1.54) is 6.92 Å². The summed E-state index contributed by atoms with van der Waals surface area (Å²) in [6.45, 7) is 0.869. The highest BCUT2D eigenvalue weighted by Crippen LogP contribution is 2.21. The van der Waals surface area contributed by atoms with Gasteiger partial charge in [0.2, 0.25) is 0 Å². The van der Waals surface area contributed by atoms with Crippen molar-refractivity contribution in [3.05, 3.63) is 60.2 Å². The topological polar surface area (TPSA) is 70.3 Å². The first-order chi connectivity index (χ1) is 10.6. The van der Waals surface area contributed by atoms with Crippen molar-refractivity contribution in [3.63, 3.8) is 0 Å². The molecule has 0 aromatic heterocycles. The van der Waals surface area contributed by atoms with Crippen molar-refractivity contribution in [2.45, 2.75) is 13.5 Å². The second-order valence-corrected chi connectivity index (χ2v) is 5.24. The fourth-order valence-electron chi connectivity index (χ4n) is 1.88. The lowest BCUT2D eigenvalue weighted by atomic mass is 9.94. The van der Waals surface area contributed by atoms with Gasteiger partial charge in [0, 0.05) is 0 Å². The second kappa shape index (κ2) is 6.88. The molecular formula is C18H17NO3. The summed E-state index contributed by atoms with van der Waals surface area (Å²) in [5.41, 5.74) is 1.51. The predicted molar refractivity (Wildman–Crippen MR) is 82.5 cm³/mol. The Bertz CT molecular complexity index is 674. The first-order valence-corrected chi connectivity index (χ1v) is 6.93. The molecule has 2 aromatic carbocycles. The Hall–Kier alpha value is -2.64. The van der Waals surface area contributed by atoms with Crippen molar-refractivity contribution in [1.82, 2.24) is 0 Å². The van der Waals surface area contributed by atoms with Gasteiger partial charge >= 0.3 is 5.97 Å². The number of hydrogen-bond donors (Lipinski definition) is 1. The van der Waals surface area contributed by atoms with Gasteiger partial charge in [-0.05, 0) is 23.6 Å². The normalized spacial score (nSPS) is 13.0. The molecule has 0 saturated heterocycles. The van der Waals surface area contributed by atoms with Gasteiger partial charge < -0.3 is 9.84 Å². The van der Waals surface area contributed by atoms with Gasteiger partial charge in [-0.25, -0.2) is 0 Å². The minimum absolute atomic E-state index is 0.0746. The lowest BCUT2D eigenvalue weighted by Gasteiger charge is -2.16. The van der Waals surface area contributed by atoms with E-state index in [0.717, 1.165) is 16.7 Å². The van der Waals surface area contributed by atoms with Gasteiger partial charge in [-0.1, -0.05) is 54.6 Å². The fourth-order valence-corrected chi connectivity index (χ4v) is 1.88. The van der Waals surface area contributed by atoms with E-state index in [2.05, 4.69) is 0 Å². The number of nitrogens with zero attached hydrogens (tertiary/aromatic N) is 1. The van der Waals surface area contributed by atoms with Crippen LogP contribution in [0.25, 0.3) is 11.1 Å². The van der Waals surface area contributed by atoms with Gasteiger partial charge in [-0.15, -0.1) is 0 Å². The predicted octanol–water partition coefficient (Wildman–Crippen LogP) is 2.92. The molecule has 2 rings (SSSR count). The number of aliphatic hydroxyl groups is 1. The summed E-state index contributed by atoms with van der Waals surface area (Å²) in [5, 5.41) is 18.0. The Morgan fingerprint density at radius 3 is 2.27 bits per heavy atom. The summed E-state index contributed by atoms with van der Waals surface area (Å²) >= 11 is 0. The van der Waals surface area contributed by atoms with Crippen LogP contribution >= 0.6 is 0 Å². The highest BCUT2D eigenvalue weighted by molar-refractivity contribution is 5.79. The van der Waals surface area contributed by atoms with Crippen LogP contribution in [0.15, 0.2) is 54.6 Å². The summed E-state index contributed by atoms with van der Waals surface area (Å²) in [4.78, 5) is 11.8. The van der Waals surface area contributed by atoms with Crippen molar-refractivity contribution in [2.24, 2.45) is 5.41 Å². The molecule has 0 aliphatic rings. The molecule has 0 aliphatic carbocycles. The Morgan fingerprint density at radius 1 is 1.14 bits per heavy atom. The van der Waals surface area contributed by atoms with Crippen LogP contribution in [0.1, 0.15) is 12.5 Å². The molecule has 0 fully saturated rings. The first-order valence-electron chi connectivity index (χ1n) is 6.93. The minimum atomic E-state index is -1.51. The molecule has 0 bridgehead atoms. The summed E-state index contributed by atoms with van der Waals surface area (Å²) < 4.78 is 5.10. The van der Waals surface area contributed by atoms with Crippen LogP contribution in [0, 0.1) is 16.7 Å². The zero-order valence-corrected chi connectivity index (χ0v) is 12.3. The molecule has 22 heavy (non-hydrogen) atoms. The average Bonchev–Trinajstić information content (AvgIpc) is 2.60. The van der Waals surface area contributed by atoms with Gasteiger partial charge in [-0.2, -0.15) is 5.26 Å². The van der Waals surface area contributed by atoms with Gasteiger partial charge in [0.25, 0.3) is 0 Å². The molecule has 1 atom stereocenters. The Morgan fingerprint density at radius 2 is 1.73 bits per heavy atom. The lowest BCUT2D eigenvalue weighted by molar-refractivity contribution is -0.154. The van der Waals surface area contributed by atoms with Crippen molar-refractivity contribution in [1.29, 1.82) is 5.26 Å². The largest absolute Gasteiger partial charge is 0.460 e. The molecule has 4 heteroatoms. The van der Waals surface area contributed by atoms with E-state index in [4.69, 9.17) is 15.1 Å². The number of benzene rings is 2. The number of carbonyl (C=O) groups is 1. The van der Waals surface area contributed by atoms with E-state index >= 15 is 0 Å². The monoisotopic (exact) mass is 295 g/mol. The summed E-state index contributed by atoms with van der Waals surface area (Å²) in [5.74, 6) is -0.718. The zero-order chi connectivity index (χ0) is 16.0. The van der Waals surface area contributed by atoms with Crippen molar-refractivity contribution in [3.8, 4) is 17.2 Å². The van der Waals surface area contributed by atoms with E-state index in [1.807, 2.05) is 54.6 Å². The SMILES string of the molecule is CC(C#N)(CO)C(=O)OCc1ccc(-c2ccccc2)cc1. The smallest absolute Gasteiger partial charge is 0.328 e. The van der Waals surface area contributed by atoms with Crippen molar-refractivity contribution >= 4 is 5.97 Å². The number of aliphatic hydroxyl groups excluding tert-OH is 1. The number of carbonyl (C=O) groups excluding carboxylic acids is 1. The number of ether oxygens (including phenoxy) is 1. The van der Waals surface area contributed by atoms with Crippen LogP contribution in [0.4, 0.5) is 0 Å². The molecule has 0 saturated carbocycles. The summed E-state index contributed by atoms with van der Waals surface area (Å²) in [7, 11) is 0.